The van der Waals surface area contributed by atoms with Crippen LogP contribution < -0.4 is 9.97 Å². The predicted octanol–water partition coefficient (Wildman–Crippen LogP) is 9.73. The Balaban J connectivity index is 0.00000576. The third-order valence-electron chi connectivity index (χ3n) is 11.0. The predicted molar refractivity (Wildman–Crippen MR) is 244 cm³/mol. The van der Waals surface area contributed by atoms with E-state index in [0.29, 0.717) is 89.4 Å². The van der Waals surface area contributed by atoms with Crippen molar-refractivity contribution in [3.05, 3.63) is 166 Å². The van der Waals surface area contributed by atoms with Crippen LogP contribution in [0.1, 0.15) is 64.2 Å². The van der Waals surface area contributed by atoms with E-state index in [4.69, 9.17) is 38.9 Å². The van der Waals surface area contributed by atoms with Gasteiger partial charge in [0, 0.05) is 0 Å². The minimum Gasteiger partial charge on any atom is -0.657 e. The summed E-state index contributed by atoms with van der Waals surface area (Å²) in [4.78, 5) is 70.9. The molecule has 2 aliphatic heterocycles. The SMILES string of the molecule is COC(=O)c1ccc(-c2c3nc(c(-c4ccc(C(=O)OC)cc4)c4ccc([n-]4)c(-c4ccc(C(=O)OC)cc4)c4nc(c(-c5ccc(C(=O)OC)cc5)c5ccc2[n-]5)C=C4)C=C3)cc1.[Fe+2]. The molecule has 0 radical (unpaired) electrons. The minimum atomic E-state index is -0.464. The van der Waals surface area contributed by atoms with E-state index >= 15 is 0 Å². The van der Waals surface area contributed by atoms with Crippen molar-refractivity contribution in [3.63, 3.8) is 0 Å². The Labute approximate surface area is 383 Å². The fourth-order valence-electron chi connectivity index (χ4n) is 7.83. The summed E-state index contributed by atoms with van der Waals surface area (Å²) in [5, 5.41) is 0. The summed E-state index contributed by atoms with van der Waals surface area (Å²) in [5.41, 5.74) is 12.1. The molecule has 0 fully saturated rings. The molecule has 2 aliphatic rings. The summed E-state index contributed by atoms with van der Waals surface area (Å²) >= 11 is 0. The van der Waals surface area contributed by atoms with Crippen molar-refractivity contribution in [2.75, 3.05) is 28.4 Å². The molecule has 0 atom stereocenters. The van der Waals surface area contributed by atoms with Gasteiger partial charge in [-0.05, 0) is 117 Å². The van der Waals surface area contributed by atoms with Crippen molar-refractivity contribution in [1.82, 2.24) is 19.9 Å². The molecule has 65 heavy (non-hydrogen) atoms. The zero-order valence-corrected chi connectivity index (χ0v) is 36.4. The first kappa shape index (κ1) is 43.5. The van der Waals surface area contributed by atoms with Crippen LogP contribution in [0.3, 0.4) is 0 Å². The standard InChI is InChI=1S/C52H37N4O8.Fe/c1-61-49(57)33-13-5-29(6-14-33)45-37-21-23-39(53-37)46(30-7-15-34(16-8-30)50(58)62-2)41-25-27-43(55-41)48(32-11-19-36(20-12-32)52(60)64-4)44-28-26-42(56-44)47(40-24-22-38(45)54-40)31-9-17-35(18-10-31)51(59)63-3;/h5-28H,1-4H3,(H-,53,54,55,56,57,58,59,60);/q-1;+2/p-1. The topological polar surface area (TPSA) is 159 Å². The molecule has 0 saturated carbocycles. The quantitative estimate of drug-likeness (QED) is 0.0809. The molecule has 4 aromatic carbocycles. The molecular weight excluding hydrogens is 864 g/mol. The summed E-state index contributed by atoms with van der Waals surface area (Å²) in [6, 6.07) is 35.9. The van der Waals surface area contributed by atoms with E-state index in [9.17, 15) is 19.2 Å². The second kappa shape index (κ2) is 18.3. The molecule has 3 aromatic heterocycles. The van der Waals surface area contributed by atoms with E-state index in [1.54, 1.807) is 48.5 Å². The van der Waals surface area contributed by atoms with Gasteiger partial charge in [0.2, 0.25) is 0 Å². The van der Waals surface area contributed by atoms with Crippen molar-refractivity contribution in [3.8, 4) is 44.5 Å². The van der Waals surface area contributed by atoms with Gasteiger partial charge in [0.05, 0.1) is 73.5 Å². The summed E-state index contributed by atoms with van der Waals surface area (Å²) in [7, 11) is 5.35. The first-order valence-electron chi connectivity index (χ1n) is 20.0. The van der Waals surface area contributed by atoms with E-state index < -0.39 is 23.9 Å². The Bertz CT molecular complexity index is 2830. The van der Waals surface area contributed by atoms with Crippen LogP contribution >= 0.6 is 0 Å². The molecule has 0 N–H and O–H groups in total. The van der Waals surface area contributed by atoms with Crippen LogP contribution in [0.25, 0.3) is 90.9 Å². The normalized spacial score (nSPS) is 11.4. The number of rotatable bonds is 8. The number of nitrogens with zero attached hydrogens (tertiary/aromatic N) is 4. The van der Waals surface area contributed by atoms with Gasteiger partial charge in [0.25, 0.3) is 0 Å². The first-order chi connectivity index (χ1) is 31.2. The maximum Gasteiger partial charge on any atom is 2.00 e. The Hall–Kier alpha value is -8.12. The van der Waals surface area contributed by atoms with Crippen LogP contribution in [-0.4, -0.2) is 62.3 Å². The number of aromatic nitrogens is 4. The maximum absolute atomic E-state index is 12.5. The number of esters is 4. The van der Waals surface area contributed by atoms with Gasteiger partial charge in [-0.25, -0.2) is 29.1 Å². The molecule has 5 heterocycles. The van der Waals surface area contributed by atoms with E-state index in [0.717, 1.165) is 22.3 Å². The first-order valence-corrected chi connectivity index (χ1v) is 20.0. The van der Waals surface area contributed by atoms with Gasteiger partial charge in [0.15, 0.2) is 0 Å². The summed E-state index contributed by atoms with van der Waals surface area (Å²) in [5.74, 6) is -1.86. The monoisotopic (exact) mass is 900 g/mol. The zero-order valence-electron chi connectivity index (χ0n) is 35.3. The van der Waals surface area contributed by atoms with Gasteiger partial charge in [-0.3, -0.25) is 0 Å². The summed E-state index contributed by atoms with van der Waals surface area (Å²) in [6.07, 6.45) is 7.66. The second-order valence-electron chi connectivity index (χ2n) is 14.6. The average Bonchev–Trinajstić information content (AvgIpc) is 4.20. The molecule has 0 unspecified atom stereocenters. The van der Waals surface area contributed by atoms with Gasteiger partial charge in [-0.15, -0.1) is 22.1 Å². The van der Waals surface area contributed by atoms with Gasteiger partial charge in [-0.2, -0.15) is 0 Å². The number of carbonyl (C=O) groups excluding carboxylic acids is 4. The van der Waals surface area contributed by atoms with Crippen molar-refractivity contribution in [1.29, 1.82) is 0 Å². The van der Waals surface area contributed by atoms with Crippen molar-refractivity contribution < 1.29 is 55.2 Å². The second-order valence-corrected chi connectivity index (χ2v) is 14.6. The minimum absolute atomic E-state index is 0. The molecule has 9 rings (SSSR count). The van der Waals surface area contributed by atoms with Crippen LogP contribution in [0.5, 0.6) is 0 Å². The van der Waals surface area contributed by atoms with Crippen molar-refractivity contribution in [2.45, 2.75) is 0 Å². The molecule has 0 aliphatic carbocycles. The Morgan fingerprint density at radius 1 is 0.338 bits per heavy atom. The number of hydrogen-bond donors (Lipinski definition) is 0. The van der Waals surface area contributed by atoms with E-state index in [1.165, 1.54) is 28.4 Å². The van der Waals surface area contributed by atoms with Crippen LogP contribution in [0.2, 0.25) is 0 Å². The molecule has 8 bridgehead atoms. The van der Waals surface area contributed by atoms with E-state index in [2.05, 4.69) is 0 Å². The van der Waals surface area contributed by atoms with Crippen molar-refractivity contribution in [2.24, 2.45) is 0 Å². The molecule has 0 saturated heterocycles. The average molecular weight is 901 g/mol. The Morgan fingerprint density at radius 2 is 0.538 bits per heavy atom. The van der Waals surface area contributed by atoms with Gasteiger partial charge < -0.3 is 28.9 Å². The molecule has 12 nitrogen and oxygen atoms in total. The Morgan fingerprint density at radius 3 is 0.723 bits per heavy atom. The molecule has 0 spiro atoms. The number of methoxy groups -OCH3 is 4. The number of benzene rings is 4. The molecule has 13 heteroatoms. The Kier molecular flexibility index (Phi) is 12.3. The summed E-state index contributed by atoms with van der Waals surface area (Å²) in [6.45, 7) is 0. The zero-order chi connectivity index (χ0) is 44.5. The smallest absolute Gasteiger partial charge is 0.657 e. The fourth-order valence-corrected chi connectivity index (χ4v) is 7.83. The largest absolute Gasteiger partial charge is 2.00 e. The third kappa shape index (κ3) is 8.29. The van der Waals surface area contributed by atoms with Crippen LogP contribution in [0.15, 0.2) is 121 Å². The number of fused-ring (bicyclic) bond motifs is 8. The van der Waals surface area contributed by atoms with Gasteiger partial charge in [-0.1, -0.05) is 72.8 Å². The van der Waals surface area contributed by atoms with Crippen LogP contribution in [0.4, 0.5) is 0 Å². The fraction of sp³-hybridized carbons (Fsp3) is 0.0769. The van der Waals surface area contributed by atoms with E-state index in [-0.39, 0.29) is 17.1 Å². The van der Waals surface area contributed by atoms with Crippen LogP contribution in [0, 0.1) is 0 Å². The number of ether oxygens (including phenoxy) is 4. The third-order valence-corrected chi connectivity index (χ3v) is 11.0. The maximum atomic E-state index is 12.5. The van der Waals surface area contributed by atoms with Crippen molar-refractivity contribution >= 4 is 70.2 Å². The van der Waals surface area contributed by atoms with Gasteiger partial charge >= 0.3 is 40.9 Å². The van der Waals surface area contributed by atoms with Crippen LogP contribution in [-0.2, 0) is 36.0 Å². The number of hydrogen-bond acceptors (Lipinski definition) is 10. The molecule has 320 valence electrons. The molecule has 7 aromatic rings. The summed E-state index contributed by atoms with van der Waals surface area (Å²) < 4.78 is 19.9. The molecular formula is C52H36FeN4O8. The number of carbonyl (C=O) groups is 4. The van der Waals surface area contributed by atoms with Gasteiger partial charge in [0.1, 0.15) is 0 Å². The van der Waals surface area contributed by atoms with E-state index in [1.807, 2.05) is 97.1 Å². The molecule has 0 amide bonds.